The maximum absolute atomic E-state index is 12.4. The largest absolute Gasteiger partial charge is 0.490 e. The Bertz CT molecular complexity index is 1180. The van der Waals surface area contributed by atoms with Crippen molar-refractivity contribution in [1.29, 1.82) is 0 Å². The molecule has 1 aliphatic carbocycles. The molecule has 9 heteroatoms. The van der Waals surface area contributed by atoms with Crippen LogP contribution in [0.2, 0.25) is 5.02 Å². The second-order valence-corrected chi connectivity index (χ2v) is 8.70. The molecule has 4 rings (SSSR count). The summed E-state index contributed by atoms with van der Waals surface area (Å²) in [5, 5.41) is 15.8. The predicted octanol–water partition coefficient (Wildman–Crippen LogP) is 4.00. The normalized spacial score (nSPS) is 17.8. The lowest BCUT2D eigenvalue weighted by atomic mass is 9.87. The fourth-order valence-electron chi connectivity index (χ4n) is 4.11. The van der Waals surface area contributed by atoms with E-state index >= 15 is 0 Å². The summed E-state index contributed by atoms with van der Waals surface area (Å²) in [7, 11) is 0. The lowest BCUT2D eigenvalue weighted by Gasteiger charge is -2.26. The van der Waals surface area contributed by atoms with E-state index in [1.807, 2.05) is 24.3 Å². The topological polar surface area (TPSA) is 121 Å². The van der Waals surface area contributed by atoms with E-state index in [0.29, 0.717) is 47.7 Å². The Kier molecular flexibility index (Phi) is 7.37. The predicted molar refractivity (Wildman–Crippen MR) is 128 cm³/mol. The van der Waals surface area contributed by atoms with E-state index in [1.54, 1.807) is 24.3 Å². The first-order valence-corrected chi connectivity index (χ1v) is 11.6. The number of benzene rings is 2. The highest BCUT2D eigenvalue weighted by Gasteiger charge is 2.27. The number of amides is 2. The highest BCUT2D eigenvalue weighted by molar-refractivity contribution is 6.38. The molecule has 34 heavy (non-hydrogen) atoms. The van der Waals surface area contributed by atoms with Crippen LogP contribution >= 0.6 is 11.6 Å². The first-order chi connectivity index (χ1) is 16.4. The number of para-hydroxylation sites is 1. The zero-order chi connectivity index (χ0) is 24.1. The summed E-state index contributed by atoms with van der Waals surface area (Å²) in [5.41, 5.74) is 1.56. The fraction of sp³-hybridized carbons (Fsp3) is 0.320. The second kappa shape index (κ2) is 10.6. The summed E-state index contributed by atoms with van der Waals surface area (Å²) in [5.74, 6) is -0.969. The number of hydrogen-bond acceptors (Lipinski definition) is 4. The lowest BCUT2D eigenvalue weighted by Crippen LogP contribution is -2.34. The average molecular weight is 484 g/mol. The van der Waals surface area contributed by atoms with Gasteiger partial charge in [-0.1, -0.05) is 29.8 Å². The number of carboxylic acid groups (broad SMARTS) is 1. The smallest absolute Gasteiger partial charge is 0.306 e. The van der Waals surface area contributed by atoms with Gasteiger partial charge in [0.1, 0.15) is 11.4 Å². The van der Waals surface area contributed by atoms with Crippen LogP contribution in [0, 0.1) is 5.92 Å². The number of halogens is 1. The van der Waals surface area contributed by atoms with Gasteiger partial charge in [0.15, 0.2) is 0 Å². The number of carbonyl (C=O) groups excluding carboxylic acids is 2. The van der Waals surface area contributed by atoms with Gasteiger partial charge in [-0.15, -0.1) is 0 Å². The van der Waals surface area contributed by atoms with Crippen LogP contribution in [0.5, 0.6) is 5.75 Å². The van der Waals surface area contributed by atoms with Gasteiger partial charge >= 0.3 is 5.97 Å². The van der Waals surface area contributed by atoms with Gasteiger partial charge in [0.05, 0.1) is 17.0 Å². The highest BCUT2D eigenvalue weighted by Crippen LogP contribution is 2.28. The molecule has 2 aromatic carbocycles. The molecule has 0 unspecified atom stereocenters. The zero-order valence-electron chi connectivity index (χ0n) is 18.5. The number of aromatic nitrogens is 1. The second-order valence-electron chi connectivity index (χ2n) is 8.33. The molecule has 8 nitrogen and oxygen atoms in total. The van der Waals surface area contributed by atoms with E-state index in [9.17, 15) is 14.4 Å². The van der Waals surface area contributed by atoms with Crippen LogP contribution in [0.1, 0.15) is 46.5 Å². The number of carboxylic acids is 1. The maximum atomic E-state index is 12.4. The molecule has 1 aliphatic rings. The molecule has 0 radical (unpaired) electrons. The Morgan fingerprint density at radius 1 is 0.941 bits per heavy atom. The van der Waals surface area contributed by atoms with Crippen molar-refractivity contribution in [3.8, 4) is 5.75 Å². The van der Waals surface area contributed by atoms with Crippen LogP contribution in [0.25, 0.3) is 10.9 Å². The number of hydrogen-bond donors (Lipinski definition) is 4. The van der Waals surface area contributed by atoms with Crippen molar-refractivity contribution < 1.29 is 24.2 Å². The minimum Gasteiger partial charge on any atom is -0.490 e. The van der Waals surface area contributed by atoms with E-state index in [0.717, 1.165) is 10.9 Å². The average Bonchev–Trinajstić information content (AvgIpc) is 3.19. The van der Waals surface area contributed by atoms with Crippen LogP contribution < -0.4 is 15.4 Å². The summed E-state index contributed by atoms with van der Waals surface area (Å²) >= 11 is 6.29. The number of H-pyrrole nitrogens is 1. The monoisotopic (exact) mass is 483 g/mol. The molecule has 1 heterocycles. The molecule has 178 valence electrons. The van der Waals surface area contributed by atoms with Crippen LogP contribution in [0.3, 0.4) is 0 Å². The first-order valence-electron chi connectivity index (χ1n) is 11.2. The van der Waals surface area contributed by atoms with Crippen molar-refractivity contribution in [2.75, 3.05) is 13.1 Å². The number of rotatable bonds is 8. The Morgan fingerprint density at radius 2 is 1.59 bits per heavy atom. The Hall–Kier alpha value is -3.52. The fourth-order valence-corrected chi connectivity index (χ4v) is 4.41. The third-order valence-electron chi connectivity index (χ3n) is 6.01. The molecule has 2 amide bonds. The quantitative estimate of drug-likeness (QED) is 0.361. The first kappa shape index (κ1) is 23.6. The van der Waals surface area contributed by atoms with E-state index in [1.165, 1.54) is 0 Å². The highest BCUT2D eigenvalue weighted by atomic mass is 35.5. The van der Waals surface area contributed by atoms with Crippen LogP contribution in [0.4, 0.5) is 0 Å². The zero-order valence-corrected chi connectivity index (χ0v) is 19.2. The Balaban J connectivity index is 1.21. The van der Waals surface area contributed by atoms with Gasteiger partial charge in [-0.3, -0.25) is 14.4 Å². The number of fused-ring (bicyclic) bond motifs is 1. The molecule has 4 N–H and O–H groups in total. The molecule has 1 saturated carbocycles. The number of aliphatic carboxylic acids is 1. The van der Waals surface area contributed by atoms with Gasteiger partial charge in [-0.2, -0.15) is 0 Å². The molecule has 1 fully saturated rings. The third kappa shape index (κ3) is 5.51. The maximum Gasteiger partial charge on any atom is 0.306 e. The van der Waals surface area contributed by atoms with E-state index in [2.05, 4.69) is 15.6 Å². The summed E-state index contributed by atoms with van der Waals surface area (Å²) in [6, 6.07) is 14.2. The molecule has 0 aliphatic heterocycles. The summed E-state index contributed by atoms with van der Waals surface area (Å²) in [6.45, 7) is 0.504. The van der Waals surface area contributed by atoms with Gasteiger partial charge < -0.3 is 25.5 Å². The Labute approximate surface area is 201 Å². The van der Waals surface area contributed by atoms with E-state index < -0.39 is 5.97 Å². The minimum atomic E-state index is -0.741. The summed E-state index contributed by atoms with van der Waals surface area (Å²) in [4.78, 5) is 38.9. The SMILES string of the molecule is O=C(NCCNC(=O)c1[nH]c2ccccc2c1Cl)c1ccc(OC2CCC(C(=O)O)CC2)cc1. The van der Waals surface area contributed by atoms with Crippen molar-refractivity contribution in [2.24, 2.45) is 5.92 Å². The number of carbonyl (C=O) groups is 3. The molecule has 0 spiro atoms. The van der Waals surface area contributed by atoms with Gasteiger partial charge in [0.2, 0.25) is 0 Å². The number of nitrogens with one attached hydrogen (secondary N) is 3. The molecular formula is C25H26ClN3O5. The molecule has 0 bridgehead atoms. The van der Waals surface area contributed by atoms with Crippen molar-refractivity contribution in [3.63, 3.8) is 0 Å². The number of ether oxygens (including phenoxy) is 1. The minimum absolute atomic E-state index is 0.00958. The third-order valence-corrected chi connectivity index (χ3v) is 6.40. The van der Waals surface area contributed by atoms with Crippen LogP contribution in [-0.2, 0) is 4.79 Å². The Morgan fingerprint density at radius 3 is 2.24 bits per heavy atom. The molecule has 3 aromatic rings. The molecular weight excluding hydrogens is 458 g/mol. The van der Waals surface area contributed by atoms with Crippen LogP contribution in [0.15, 0.2) is 48.5 Å². The van der Waals surface area contributed by atoms with Crippen molar-refractivity contribution >= 4 is 40.3 Å². The van der Waals surface area contributed by atoms with Gasteiger partial charge in [0, 0.05) is 29.6 Å². The standard InChI is InChI=1S/C25H26ClN3O5/c26-21-19-3-1-2-4-20(19)29-22(21)24(31)28-14-13-27-23(30)15-5-9-17(10-6-15)34-18-11-7-16(8-12-18)25(32)33/h1-6,9-10,16,18,29H,7-8,11-14H2,(H,27,30)(H,28,31)(H,32,33). The molecule has 1 aromatic heterocycles. The molecule has 0 saturated heterocycles. The van der Waals surface area contributed by atoms with E-state index in [4.69, 9.17) is 21.4 Å². The summed E-state index contributed by atoms with van der Waals surface area (Å²) < 4.78 is 5.93. The van der Waals surface area contributed by atoms with Crippen LogP contribution in [-0.4, -0.2) is 47.1 Å². The lowest BCUT2D eigenvalue weighted by molar-refractivity contribution is -0.143. The molecule has 0 atom stereocenters. The van der Waals surface area contributed by atoms with Crippen molar-refractivity contribution in [3.05, 3.63) is 64.8 Å². The van der Waals surface area contributed by atoms with Gasteiger partial charge in [-0.05, 0) is 56.0 Å². The van der Waals surface area contributed by atoms with Gasteiger partial charge in [-0.25, -0.2) is 0 Å². The van der Waals surface area contributed by atoms with Crippen molar-refractivity contribution in [2.45, 2.75) is 31.8 Å². The number of aromatic amines is 1. The van der Waals surface area contributed by atoms with Gasteiger partial charge in [0.25, 0.3) is 11.8 Å². The van der Waals surface area contributed by atoms with Crippen molar-refractivity contribution in [1.82, 2.24) is 15.6 Å². The van der Waals surface area contributed by atoms with E-state index in [-0.39, 0.29) is 36.9 Å². The summed E-state index contributed by atoms with van der Waals surface area (Å²) in [6.07, 6.45) is 2.63.